The summed E-state index contributed by atoms with van der Waals surface area (Å²) in [5.74, 6) is 1.02. The topological polar surface area (TPSA) is 84.9 Å². The van der Waals surface area contributed by atoms with Crippen molar-refractivity contribution in [2.75, 3.05) is 25.5 Å². The van der Waals surface area contributed by atoms with Gasteiger partial charge in [0.1, 0.15) is 11.5 Å². The number of aryl methyl sites for hydroxylation is 1. The molecule has 0 saturated carbocycles. The molecule has 1 amide bonds. The van der Waals surface area contributed by atoms with Crippen LogP contribution >= 0.6 is 0 Å². The van der Waals surface area contributed by atoms with E-state index in [2.05, 4.69) is 4.72 Å². The summed E-state index contributed by atoms with van der Waals surface area (Å²) in [6.45, 7) is 2.03. The van der Waals surface area contributed by atoms with E-state index in [1.54, 1.807) is 56.3 Å². The number of para-hydroxylation sites is 1. The van der Waals surface area contributed by atoms with Gasteiger partial charge in [0, 0.05) is 19.3 Å². The molecule has 8 heteroatoms. The van der Waals surface area contributed by atoms with Gasteiger partial charge in [-0.2, -0.15) is 0 Å². The average Bonchev–Trinajstić information content (AvgIpc) is 2.78. The number of hydrogen-bond acceptors (Lipinski definition) is 5. The van der Waals surface area contributed by atoms with E-state index in [1.165, 1.54) is 12.1 Å². The number of rotatable bonds is 9. The Kier molecular flexibility index (Phi) is 7.37. The van der Waals surface area contributed by atoms with E-state index in [9.17, 15) is 13.2 Å². The second-order valence-electron chi connectivity index (χ2n) is 7.29. The van der Waals surface area contributed by atoms with E-state index in [0.29, 0.717) is 23.5 Å². The molecule has 0 fully saturated rings. The molecule has 0 aliphatic carbocycles. The van der Waals surface area contributed by atoms with Gasteiger partial charge in [-0.05, 0) is 60.5 Å². The fourth-order valence-corrected chi connectivity index (χ4v) is 4.16. The van der Waals surface area contributed by atoms with Gasteiger partial charge in [0.15, 0.2) is 6.61 Å². The number of nitrogens with one attached hydrogen (secondary N) is 1. The molecule has 0 saturated heterocycles. The molecule has 0 aromatic heterocycles. The highest BCUT2D eigenvalue weighted by atomic mass is 32.2. The van der Waals surface area contributed by atoms with Gasteiger partial charge in [-0.25, -0.2) is 8.42 Å². The van der Waals surface area contributed by atoms with E-state index in [4.69, 9.17) is 9.47 Å². The first-order chi connectivity index (χ1) is 15.3. The van der Waals surface area contributed by atoms with Gasteiger partial charge in [0.2, 0.25) is 0 Å². The van der Waals surface area contributed by atoms with Crippen LogP contribution in [-0.4, -0.2) is 40.0 Å². The Labute approximate surface area is 188 Å². The first kappa shape index (κ1) is 23.1. The molecule has 3 aromatic carbocycles. The van der Waals surface area contributed by atoms with Crippen LogP contribution in [-0.2, 0) is 21.4 Å². The lowest BCUT2D eigenvalue weighted by Gasteiger charge is -2.18. The summed E-state index contributed by atoms with van der Waals surface area (Å²) in [7, 11) is -0.422. The number of anilines is 1. The first-order valence-corrected chi connectivity index (χ1v) is 11.4. The lowest BCUT2D eigenvalue weighted by Crippen LogP contribution is -2.31. The molecule has 0 bridgehead atoms. The molecule has 0 aliphatic rings. The monoisotopic (exact) mass is 454 g/mol. The van der Waals surface area contributed by atoms with Gasteiger partial charge in [-0.15, -0.1) is 0 Å². The maximum Gasteiger partial charge on any atom is 0.261 e. The normalized spacial score (nSPS) is 11.0. The van der Waals surface area contributed by atoms with E-state index >= 15 is 0 Å². The third-order valence-electron chi connectivity index (χ3n) is 4.84. The van der Waals surface area contributed by atoms with E-state index in [-0.39, 0.29) is 17.4 Å². The predicted molar refractivity (Wildman–Crippen MR) is 123 cm³/mol. The van der Waals surface area contributed by atoms with Crippen molar-refractivity contribution >= 4 is 21.6 Å². The zero-order valence-electron chi connectivity index (χ0n) is 18.2. The summed E-state index contributed by atoms with van der Waals surface area (Å²) in [6, 6.07) is 20.7. The lowest BCUT2D eigenvalue weighted by molar-refractivity contribution is -0.132. The Bertz CT molecular complexity index is 1160. The number of nitrogens with zero attached hydrogens (tertiary/aromatic N) is 1. The standard InChI is InChI=1S/C24H26N2O5S/c1-18-15-22(32(28,29)25-20-7-5-4-6-8-20)13-14-23(18)31-17-24(27)26(2)16-19-9-11-21(30-3)12-10-19/h4-15,25H,16-17H2,1-3H3. The zero-order valence-corrected chi connectivity index (χ0v) is 19.1. The maximum absolute atomic E-state index is 12.6. The van der Waals surface area contributed by atoms with Gasteiger partial charge >= 0.3 is 0 Å². The van der Waals surface area contributed by atoms with Crippen molar-refractivity contribution in [2.45, 2.75) is 18.4 Å². The number of methoxy groups -OCH3 is 1. The molecule has 0 atom stereocenters. The van der Waals surface area contributed by atoms with Crippen LogP contribution in [0.4, 0.5) is 5.69 Å². The first-order valence-electron chi connectivity index (χ1n) is 9.97. The van der Waals surface area contributed by atoms with E-state index in [0.717, 1.165) is 11.3 Å². The maximum atomic E-state index is 12.6. The largest absolute Gasteiger partial charge is 0.497 e. The minimum absolute atomic E-state index is 0.120. The minimum atomic E-state index is -3.73. The SMILES string of the molecule is COc1ccc(CN(C)C(=O)COc2ccc(S(=O)(=O)Nc3ccccc3)cc2C)cc1. The Morgan fingerprint density at radius 3 is 2.31 bits per heavy atom. The Morgan fingerprint density at radius 1 is 1.00 bits per heavy atom. The quantitative estimate of drug-likeness (QED) is 0.531. The summed E-state index contributed by atoms with van der Waals surface area (Å²) in [5, 5.41) is 0. The van der Waals surface area contributed by atoms with Crippen LogP contribution in [0.15, 0.2) is 77.7 Å². The average molecular weight is 455 g/mol. The van der Waals surface area contributed by atoms with Crippen molar-refractivity contribution in [3.8, 4) is 11.5 Å². The van der Waals surface area contributed by atoms with Gasteiger partial charge in [-0.3, -0.25) is 9.52 Å². The summed E-state index contributed by atoms with van der Waals surface area (Å²) >= 11 is 0. The van der Waals surface area contributed by atoms with Crippen molar-refractivity contribution in [3.05, 3.63) is 83.9 Å². The van der Waals surface area contributed by atoms with Gasteiger partial charge in [0.25, 0.3) is 15.9 Å². The van der Waals surface area contributed by atoms with Crippen LogP contribution in [0.1, 0.15) is 11.1 Å². The predicted octanol–water partition coefficient (Wildman–Crippen LogP) is 3.84. The lowest BCUT2D eigenvalue weighted by atomic mass is 10.2. The molecule has 3 rings (SSSR count). The van der Waals surface area contributed by atoms with Gasteiger partial charge < -0.3 is 14.4 Å². The van der Waals surface area contributed by atoms with Crippen molar-refractivity contribution in [1.29, 1.82) is 0 Å². The number of carbonyl (C=O) groups excluding carboxylic acids is 1. The van der Waals surface area contributed by atoms with E-state index < -0.39 is 10.0 Å². The van der Waals surface area contributed by atoms with Gasteiger partial charge in [0.05, 0.1) is 12.0 Å². The zero-order chi connectivity index (χ0) is 23.1. The summed E-state index contributed by atoms with van der Waals surface area (Å²) in [5.41, 5.74) is 2.07. The molecule has 0 aliphatic heterocycles. The van der Waals surface area contributed by atoms with Crippen LogP contribution < -0.4 is 14.2 Å². The van der Waals surface area contributed by atoms with E-state index in [1.807, 2.05) is 30.3 Å². The van der Waals surface area contributed by atoms with Crippen LogP contribution in [0, 0.1) is 6.92 Å². The molecule has 0 radical (unpaired) electrons. The number of sulfonamides is 1. The molecule has 168 valence electrons. The Morgan fingerprint density at radius 2 is 1.69 bits per heavy atom. The molecular formula is C24H26N2O5S. The van der Waals surface area contributed by atoms with Crippen molar-refractivity contribution in [3.63, 3.8) is 0 Å². The highest BCUT2D eigenvalue weighted by molar-refractivity contribution is 7.92. The van der Waals surface area contributed by atoms with Crippen molar-refractivity contribution in [2.24, 2.45) is 0 Å². The van der Waals surface area contributed by atoms with Crippen LogP contribution in [0.3, 0.4) is 0 Å². The third kappa shape index (κ3) is 6.01. The molecule has 7 nitrogen and oxygen atoms in total. The minimum Gasteiger partial charge on any atom is -0.497 e. The van der Waals surface area contributed by atoms with Crippen LogP contribution in [0.5, 0.6) is 11.5 Å². The van der Waals surface area contributed by atoms with Crippen molar-refractivity contribution in [1.82, 2.24) is 4.90 Å². The molecule has 3 aromatic rings. The number of hydrogen-bond donors (Lipinski definition) is 1. The Balaban J connectivity index is 1.59. The Hall–Kier alpha value is -3.52. The number of benzene rings is 3. The summed E-state index contributed by atoms with van der Waals surface area (Å²) < 4.78 is 38.6. The highest BCUT2D eigenvalue weighted by Gasteiger charge is 2.17. The summed E-state index contributed by atoms with van der Waals surface area (Å²) in [6.07, 6.45) is 0. The number of amides is 1. The van der Waals surface area contributed by atoms with Crippen LogP contribution in [0.2, 0.25) is 0 Å². The van der Waals surface area contributed by atoms with Crippen molar-refractivity contribution < 1.29 is 22.7 Å². The molecule has 1 N–H and O–H groups in total. The second kappa shape index (κ2) is 10.2. The molecule has 0 unspecified atom stereocenters. The fraction of sp³-hybridized carbons (Fsp3) is 0.208. The summed E-state index contributed by atoms with van der Waals surface area (Å²) in [4.78, 5) is 14.1. The highest BCUT2D eigenvalue weighted by Crippen LogP contribution is 2.23. The molecular weight excluding hydrogens is 428 g/mol. The van der Waals surface area contributed by atoms with Crippen LogP contribution in [0.25, 0.3) is 0 Å². The molecule has 0 spiro atoms. The molecule has 32 heavy (non-hydrogen) atoms. The second-order valence-corrected chi connectivity index (χ2v) is 8.97. The fourth-order valence-electron chi connectivity index (χ4n) is 3.01. The number of ether oxygens (including phenoxy) is 2. The van der Waals surface area contributed by atoms with Gasteiger partial charge in [-0.1, -0.05) is 30.3 Å². The number of likely N-dealkylation sites (N-methyl/N-ethyl adjacent to an activating group) is 1. The third-order valence-corrected chi connectivity index (χ3v) is 6.22. The smallest absolute Gasteiger partial charge is 0.261 e. The number of carbonyl (C=O) groups is 1. The molecule has 0 heterocycles.